The Balaban J connectivity index is 1.43. The molecule has 146 valence electrons. The molecule has 0 spiro atoms. The first-order valence-electron chi connectivity index (χ1n) is 10.2. The lowest BCUT2D eigenvalue weighted by atomic mass is 9.86. The third kappa shape index (κ3) is 3.29. The molecule has 0 radical (unpaired) electrons. The number of halogens is 1. The maximum absolute atomic E-state index is 13.3. The van der Waals surface area contributed by atoms with Crippen molar-refractivity contribution in [1.82, 2.24) is 9.80 Å². The van der Waals surface area contributed by atoms with Crippen molar-refractivity contribution in [2.45, 2.75) is 31.4 Å². The van der Waals surface area contributed by atoms with Crippen LogP contribution in [0.1, 0.15) is 35.6 Å². The van der Waals surface area contributed by atoms with Gasteiger partial charge in [-0.3, -0.25) is 9.80 Å². The average molecular weight is 397 g/mol. The molecule has 0 aromatic heterocycles. The zero-order valence-corrected chi connectivity index (χ0v) is 16.6. The maximum atomic E-state index is 13.3. The zero-order valence-electron chi connectivity index (χ0n) is 15.9. The predicted molar refractivity (Wildman–Crippen MR) is 110 cm³/mol. The highest BCUT2D eigenvalue weighted by molar-refractivity contribution is 6.30. The summed E-state index contributed by atoms with van der Waals surface area (Å²) in [5.74, 6) is 0.514. The van der Waals surface area contributed by atoms with E-state index in [1.165, 1.54) is 11.1 Å². The van der Waals surface area contributed by atoms with Crippen molar-refractivity contribution >= 4 is 17.7 Å². The number of nitrogens with zero attached hydrogens (tertiary/aromatic N) is 2. The van der Waals surface area contributed by atoms with E-state index < -0.39 is 0 Å². The molecule has 3 fully saturated rings. The number of rotatable bonds is 2. The molecule has 2 atom stereocenters. The van der Waals surface area contributed by atoms with Gasteiger partial charge in [0.15, 0.2) is 0 Å². The molecule has 28 heavy (non-hydrogen) atoms. The van der Waals surface area contributed by atoms with E-state index in [0.717, 1.165) is 44.5 Å². The summed E-state index contributed by atoms with van der Waals surface area (Å²) in [4.78, 5) is 17.6. The van der Waals surface area contributed by atoms with Gasteiger partial charge in [-0.05, 0) is 67.1 Å². The van der Waals surface area contributed by atoms with Gasteiger partial charge in [0.05, 0.1) is 6.04 Å². The molecule has 4 aliphatic rings. The van der Waals surface area contributed by atoms with Gasteiger partial charge in [-0.15, -0.1) is 0 Å². The summed E-state index contributed by atoms with van der Waals surface area (Å²) >= 11 is 6.10. The molecule has 5 heteroatoms. The third-order valence-electron chi connectivity index (χ3n) is 6.55. The molecule has 2 bridgehead atoms. The summed E-state index contributed by atoms with van der Waals surface area (Å²) < 4.78 is 6.07. The molecule has 2 aromatic carbocycles. The molecule has 0 N–H and O–H groups in total. The number of carbonyl (C=O) groups is 1. The molecular weight excluding hydrogens is 372 g/mol. The van der Waals surface area contributed by atoms with Gasteiger partial charge in [0.25, 0.3) is 0 Å². The Morgan fingerprint density at radius 2 is 1.75 bits per heavy atom. The monoisotopic (exact) mass is 396 g/mol. The van der Waals surface area contributed by atoms with Crippen molar-refractivity contribution in [2.24, 2.45) is 5.92 Å². The Kier molecular flexibility index (Phi) is 4.77. The van der Waals surface area contributed by atoms with Crippen LogP contribution in [0.2, 0.25) is 5.02 Å². The number of fused-ring (bicyclic) bond motifs is 4. The summed E-state index contributed by atoms with van der Waals surface area (Å²) in [5, 5.41) is 0.703. The quantitative estimate of drug-likeness (QED) is 0.748. The van der Waals surface area contributed by atoms with Gasteiger partial charge >= 0.3 is 6.09 Å². The van der Waals surface area contributed by atoms with Crippen molar-refractivity contribution in [3.8, 4) is 0 Å². The van der Waals surface area contributed by atoms with Crippen LogP contribution < -0.4 is 0 Å². The van der Waals surface area contributed by atoms with Gasteiger partial charge in [-0.1, -0.05) is 48.0 Å². The lowest BCUT2D eigenvalue weighted by Gasteiger charge is -2.45. The van der Waals surface area contributed by atoms with Gasteiger partial charge < -0.3 is 4.74 Å². The number of piperidine rings is 3. The van der Waals surface area contributed by atoms with Crippen molar-refractivity contribution in [1.29, 1.82) is 0 Å². The molecule has 6 rings (SSSR count). The lowest BCUT2D eigenvalue weighted by molar-refractivity contribution is -0.0462. The molecule has 4 aliphatic heterocycles. The van der Waals surface area contributed by atoms with E-state index in [2.05, 4.69) is 23.1 Å². The largest absolute Gasteiger partial charge is 0.444 e. The Morgan fingerprint density at radius 3 is 2.46 bits per heavy atom. The average Bonchev–Trinajstić information content (AvgIpc) is 2.74. The van der Waals surface area contributed by atoms with Crippen LogP contribution in [0.15, 0.2) is 48.5 Å². The maximum Gasteiger partial charge on any atom is 0.410 e. The molecule has 3 saturated heterocycles. The summed E-state index contributed by atoms with van der Waals surface area (Å²) in [5.41, 5.74) is 3.55. The fraction of sp³-hybridized carbons (Fsp3) is 0.435. The van der Waals surface area contributed by atoms with E-state index in [4.69, 9.17) is 16.3 Å². The minimum Gasteiger partial charge on any atom is -0.444 e. The summed E-state index contributed by atoms with van der Waals surface area (Å²) in [7, 11) is 0. The Bertz CT molecular complexity index is 861. The third-order valence-corrected chi connectivity index (χ3v) is 6.80. The van der Waals surface area contributed by atoms with Gasteiger partial charge in [0, 0.05) is 18.1 Å². The van der Waals surface area contributed by atoms with Crippen LogP contribution >= 0.6 is 11.6 Å². The van der Waals surface area contributed by atoms with E-state index in [9.17, 15) is 4.79 Å². The minimum atomic E-state index is -0.187. The first kappa shape index (κ1) is 18.0. The number of ether oxygens (including phenoxy) is 1. The molecule has 2 aromatic rings. The molecular formula is C23H25ClN2O2. The molecule has 0 aliphatic carbocycles. The van der Waals surface area contributed by atoms with Crippen LogP contribution in [0, 0.1) is 5.92 Å². The predicted octanol–water partition coefficient (Wildman–Crippen LogP) is 4.52. The van der Waals surface area contributed by atoms with Crippen LogP contribution in [0.3, 0.4) is 0 Å². The molecule has 0 saturated carbocycles. The topological polar surface area (TPSA) is 32.8 Å². The van der Waals surface area contributed by atoms with Crippen molar-refractivity contribution in [2.75, 3.05) is 26.2 Å². The SMILES string of the molecule is O=C(O[C@@H]1CN2CCC1CC2)N1CCc2ccccc2[C@@H]1c1ccc(Cl)cc1. The fourth-order valence-corrected chi connectivity index (χ4v) is 5.14. The van der Waals surface area contributed by atoms with Crippen LogP contribution in [-0.4, -0.2) is 48.2 Å². The summed E-state index contributed by atoms with van der Waals surface area (Å²) in [6, 6.07) is 16.1. The van der Waals surface area contributed by atoms with Crippen molar-refractivity contribution < 1.29 is 9.53 Å². The lowest BCUT2D eigenvalue weighted by Crippen LogP contribution is -2.53. The molecule has 1 amide bonds. The van der Waals surface area contributed by atoms with Crippen LogP contribution in [0.4, 0.5) is 4.79 Å². The standard InChI is InChI=1S/C23H25ClN2O2/c24-19-7-5-18(6-8-19)22-20-4-2-1-3-16(20)11-14-26(22)23(27)28-21-15-25-12-9-17(21)10-13-25/h1-8,17,21-22H,9-15H2/t21-,22+/m1/s1. The number of amides is 1. The molecule has 4 nitrogen and oxygen atoms in total. The van der Waals surface area contributed by atoms with E-state index in [1.807, 2.05) is 35.2 Å². The highest BCUT2D eigenvalue weighted by Crippen LogP contribution is 2.37. The Hall–Kier alpha value is -2.04. The summed E-state index contributed by atoms with van der Waals surface area (Å²) in [6.45, 7) is 3.84. The van der Waals surface area contributed by atoms with E-state index in [1.54, 1.807) is 0 Å². The fourth-order valence-electron chi connectivity index (χ4n) is 5.01. The van der Waals surface area contributed by atoms with Crippen molar-refractivity contribution in [3.05, 3.63) is 70.2 Å². The van der Waals surface area contributed by atoms with Gasteiger partial charge in [0.1, 0.15) is 6.10 Å². The van der Waals surface area contributed by atoms with Gasteiger partial charge in [-0.25, -0.2) is 4.79 Å². The number of benzene rings is 2. The minimum absolute atomic E-state index is 0.0260. The van der Waals surface area contributed by atoms with Gasteiger partial charge in [-0.2, -0.15) is 0 Å². The number of hydrogen-bond donors (Lipinski definition) is 0. The highest BCUT2D eigenvalue weighted by Gasteiger charge is 2.39. The first-order valence-corrected chi connectivity index (χ1v) is 10.6. The van der Waals surface area contributed by atoms with Gasteiger partial charge in [0.2, 0.25) is 0 Å². The second-order valence-corrected chi connectivity index (χ2v) is 8.59. The van der Waals surface area contributed by atoms with E-state index >= 15 is 0 Å². The molecule has 0 unspecified atom stereocenters. The first-order chi connectivity index (χ1) is 13.7. The second kappa shape index (κ2) is 7.41. The van der Waals surface area contributed by atoms with Crippen LogP contribution in [-0.2, 0) is 11.2 Å². The second-order valence-electron chi connectivity index (χ2n) is 8.16. The highest BCUT2D eigenvalue weighted by atomic mass is 35.5. The van der Waals surface area contributed by atoms with Crippen LogP contribution in [0.25, 0.3) is 0 Å². The summed E-state index contributed by atoms with van der Waals surface area (Å²) in [6.07, 6.45) is 2.98. The van der Waals surface area contributed by atoms with Crippen molar-refractivity contribution in [3.63, 3.8) is 0 Å². The Morgan fingerprint density at radius 1 is 1.00 bits per heavy atom. The normalized spacial score (nSPS) is 28.7. The number of hydrogen-bond acceptors (Lipinski definition) is 3. The van der Waals surface area contributed by atoms with Crippen LogP contribution in [0.5, 0.6) is 0 Å². The molecule has 4 heterocycles. The Labute approximate surface area is 171 Å². The smallest absolute Gasteiger partial charge is 0.410 e. The number of carbonyl (C=O) groups excluding carboxylic acids is 1. The van der Waals surface area contributed by atoms with E-state index in [-0.39, 0.29) is 18.2 Å². The zero-order chi connectivity index (χ0) is 19.1. The van der Waals surface area contributed by atoms with E-state index in [0.29, 0.717) is 17.5 Å².